The summed E-state index contributed by atoms with van der Waals surface area (Å²) in [6.45, 7) is 0.0697. The van der Waals surface area contributed by atoms with Crippen LogP contribution in [0.15, 0.2) is 72.4 Å². The van der Waals surface area contributed by atoms with Crippen LogP contribution >= 0.6 is 0 Å². The van der Waals surface area contributed by atoms with E-state index in [1.165, 1.54) is 42.5 Å². The number of ether oxygens (including phenoxy) is 2. The maximum absolute atomic E-state index is 13.8. The van der Waals surface area contributed by atoms with Gasteiger partial charge >= 0.3 is 0 Å². The van der Waals surface area contributed by atoms with E-state index in [1.807, 2.05) is 0 Å². The van der Waals surface area contributed by atoms with Crippen LogP contribution in [-0.2, 0) is 9.59 Å². The van der Waals surface area contributed by atoms with Gasteiger partial charge in [-0.25, -0.2) is 9.29 Å². The molecule has 10 heteroatoms. The van der Waals surface area contributed by atoms with E-state index in [1.54, 1.807) is 18.2 Å². The second-order valence-corrected chi connectivity index (χ2v) is 7.17. The number of hydrogen-bond acceptors (Lipinski definition) is 7. The highest BCUT2D eigenvalue weighted by Gasteiger charge is 2.40. The van der Waals surface area contributed by atoms with Gasteiger partial charge in [-0.05, 0) is 48.0 Å². The van der Waals surface area contributed by atoms with E-state index >= 15 is 0 Å². The largest absolute Gasteiger partial charge is 0.454 e. The Morgan fingerprint density at radius 3 is 2.42 bits per heavy atom. The lowest BCUT2D eigenvalue weighted by Gasteiger charge is -2.15. The molecule has 0 unspecified atom stereocenters. The third kappa shape index (κ3) is 3.53. The minimum atomic E-state index is -0.698. The van der Waals surface area contributed by atoms with Crippen molar-refractivity contribution >= 4 is 34.4 Å². The molecule has 3 aromatic carbocycles. The first-order valence-electron chi connectivity index (χ1n) is 9.72. The van der Waals surface area contributed by atoms with Gasteiger partial charge in [-0.2, -0.15) is 0 Å². The van der Waals surface area contributed by atoms with Crippen molar-refractivity contribution in [3.8, 4) is 11.5 Å². The average Bonchev–Trinajstić information content (AvgIpc) is 3.36. The molecule has 0 saturated heterocycles. The highest BCUT2D eigenvalue weighted by molar-refractivity contribution is 6.46. The first-order chi connectivity index (χ1) is 15.9. The van der Waals surface area contributed by atoms with Gasteiger partial charge in [0, 0.05) is 23.9 Å². The zero-order valence-electron chi connectivity index (χ0n) is 16.8. The summed E-state index contributed by atoms with van der Waals surface area (Å²) in [4.78, 5) is 38.0. The number of carbonyl (C=O) groups excluding carboxylic acids is 2. The molecule has 0 aliphatic carbocycles. The van der Waals surface area contributed by atoms with Gasteiger partial charge in [0.1, 0.15) is 11.5 Å². The number of carbonyl (C=O) groups is 2. The zero-order chi connectivity index (χ0) is 23.1. The summed E-state index contributed by atoms with van der Waals surface area (Å²) >= 11 is 0. The van der Waals surface area contributed by atoms with Crippen LogP contribution in [0.25, 0.3) is 5.57 Å². The van der Waals surface area contributed by atoms with Gasteiger partial charge in [-0.3, -0.25) is 19.7 Å². The minimum Gasteiger partial charge on any atom is -0.454 e. The number of halogens is 1. The molecule has 5 rings (SSSR count). The van der Waals surface area contributed by atoms with Crippen molar-refractivity contribution in [2.75, 3.05) is 17.0 Å². The molecule has 2 heterocycles. The van der Waals surface area contributed by atoms with Crippen molar-refractivity contribution in [2.24, 2.45) is 0 Å². The Bertz CT molecular complexity index is 1350. The number of hydrogen-bond donors (Lipinski definition) is 1. The van der Waals surface area contributed by atoms with Crippen molar-refractivity contribution in [2.45, 2.75) is 0 Å². The lowest BCUT2D eigenvalue weighted by Crippen LogP contribution is -2.32. The number of anilines is 2. The molecule has 2 aliphatic heterocycles. The zero-order valence-corrected chi connectivity index (χ0v) is 16.8. The Balaban J connectivity index is 1.60. The third-order valence-corrected chi connectivity index (χ3v) is 5.16. The summed E-state index contributed by atoms with van der Waals surface area (Å²) in [5, 5.41) is 14.0. The molecular weight excluding hydrogens is 433 g/mol. The van der Waals surface area contributed by atoms with Crippen molar-refractivity contribution in [1.29, 1.82) is 0 Å². The van der Waals surface area contributed by atoms with Crippen molar-refractivity contribution < 1.29 is 28.4 Å². The molecule has 164 valence electrons. The normalized spacial score (nSPS) is 14.8. The van der Waals surface area contributed by atoms with Gasteiger partial charge in [0.2, 0.25) is 6.79 Å². The Morgan fingerprint density at radius 2 is 1.70 bits per heavy atom. The van der Waals surface area contributed by atoms with E-state index in [0.29, 0.717) is 22.7 Å². The van der Waals surface area contributed by atoms with Gasteiger partial charge < -0.3 is 14.8 Å². The van der Waals surface area contributed by atoms with Crippen molar-refractivity contribution in [3.05, 3.63) is 93.9 Å². The standard InChI is InChI=1S/C23H14FN3O6/c24-14-2-1-3-17(10-14)26-22(28)20(13-4-7-16(8-5-13)27(30)31)21(23(26)29)25-15-6-9-18-19(11-15)33-12-32-18/h1-11,25H,12H2. The van der Waals surface area contributed by atoms with Gasteiger partial charge in [0.05, 0.1) is 16.2 Å². The number of imide groups is 1. The number of nitrogens with zero attached hydrogens (tertiary/aromatic N) is 2. The molecule has 0 fully saturated rings. The lowest BCUT2D eigenvalue weighted by atomic mass is 10.0. The van der Waals surface area contributed by atoms with Crippen LogP contribution in [0, 0.1) is 15.9 Å². The summed E-state index contributed by atoms with van der Waals surface area (Å²) in [6.07, 6.45) is 0. The predicted octanol–water partition coefficient (Wildman–Crippen LogP) is 3.86. The number of nitro groups is 1. The highest BCUT2D eigenvalue weighted by atomic mass is 19.1. The van der Waals surface area contributed by atoms with Crippen LogP contribution in [0.3, 0.4) is 0 Å². The molecule has 9 nitrogen and oxygen atoms in total. The van der Waals surface area contributed by atoms with E-state index in [0.717, 1.165) is 11.0 Å². The van der Waals surface area contributed by atoms with Crippen molar-refractivity contribution in [1.82, 2.24) is 0 Å². The van der Waals surface area contributed by atoms with Crippen LogP contribution in [-0.4, -0.2) is 23.5 Å². The maximum atomic E-state index is 13.8. The quantitative estimate of drug-likeness (QED) is 0.359. The first kappa shape index (κ1) is 20.2. The highest BCUT2D eigenvalue weighted by Crippen LogP contribution is 2.38. The van der Waals surface area contributed by atoms with Crippen molar-refractivity contribution in [3.63, 3.8) is 0 Å². The second kappa shape index (κ2) is 7.75. The smallest absolute Gasteiger partial charge is 0.282 e. The van der Waals surface area contributed by atoms with Crippen LogP contribution in [0.5, 0.6) is 11.5 Å². The maximum Gasteiger partial charge on any atom is 0.282 e. The number of fused-ring (bicyclic) bond motifs is 1. The fraction of sp³-hybridized carbons (Fsp3) is 0.0435. The summed E-state index contributed by atoms with van der Waals surface area (Å²) in [6, 6.07) is 15.3. The van der Waals surface area contributed by atoms with Crippen LogP contribution in [0.4, 0.5) is 21.5 Å². The Hall–Kier alpha value is -4.73. The van der Waals surface area contributed by atoms with E-state index in [-0.39, 0.29) is 29.4 Å². The summed E-state index contributed by atoms with van der Waals surface area (Å²) in [5.41, 5.74) is 0.584. The number of amides is 2. The van der Waals surface area contributed by atoms with E-state index in [9.17, 15) is 24.1 Å². The monoisotopic (exact) mass is 447 g/mol. The Morgan fingerprint density at radius 1 is 0.939 bits per heavy atom. The second-order valence-electron chi connectivity index (χ2n) is 7.17. The minimum absolute atomic E-state index is 0.00294. The number of nitrogens with one attached hydrogen (secondary N) is 1. The fourth-order valence-electron chi connectivity index (χ4n) is 3.63. The van der Waals surface area contributed by atoms with Gasteiger partial charge in [0.15, 0.2) is 11.5 Å². The number of benzene rings is 3. The topological polar surface area (TPSA) is 111 Å². The van der Waals surface area contributed by atoms with E-state index in [4.69, 9.17) is 9.47 Å². The molecule has 3 aromatic rings. The van der Waals surface area contributed by atoms with E-state index in [2.05, 4.69) is 5.32 Å². The van der Waals surface area contributed by atoms with Crippen LogP contribution in [0.1, 0.15) is 5.56 Å². The fourth-order valence-corrected chi connectivity index (χ4v) is 3.63. The first-order valence-corrected chi connectivity index (χ1v) is 9.72. The summed E-state index contributed by atoms with van der Waals surface area (Å²) in [7, 11) is 0. The van der Waals surface area contributed by atoms with Crippen LogP contribution < -0.4 is 19.7 Å². The SMILES string of the molecule is O=C1C(Nc2ccc3c(c2)OCO3)=C(c2ccc([N+](=O)[O-])cc2)C(=O)N1c1cccc(F)c1. The Kier molecular flexibility index (Phi) is 4.74. The predicted molar refractivity (Wildman–Crippen MR) is 115 cm³/mol. The molecule has 33 heavy (non-hydrogen) atoms. The summed E-state index contributed by atoms with van der Waals surface area (Å²) < 4.78 is 24.5. The molecule has 0 atom stereocenters. The number of nitro benzene ring substituents is 1. The molecule has 2 aliphatic rings. The van der Waals surface area contributed by atoms with Crippen LogP contribution in [0.2, 0.25) is 0 Å². The Labute approximate surface area is 185 Å². The molecule has 0 radical (unpaired) electrons. The van der Waals surface area contributed by atoms with Gasteiger partial charge in [0.25, 0.3) is 17.5 Å². The molecular formula is C23H14FN3O6. The third-order valence-electron chi connectivity index (χ3n) is 5.16. The average molecular weight is 447 g/mol. The van der Waals surface area contributed by atoms with Gasteiger partial charge in [-0.1, -0.05) is 6.07 Å². The lowest BCUT2D eigenvalue weighted by molar-refractivity contribution is -0.384. The molecule has 0 spiro atoms. The van der Waals surface area contributed by atoms with Gasteiger partial charge in [-0.15, -0.1) is 0 Å². The molecule has 2 amide bonds. The number of non-ortho nitro benzene ring substituents is 1. The molecule has 0 saturated carbocycles. The molecule has 1 N–H and O–H groups in total. The summed E-state index contributed by atoms with van der Waals surface area (Å²) in [5.74, 6) is -0.988. The van der Waals surface area contributed by atoms with E-state index < -0.39 is 22.6 Å². The molecule has 0 aromatic heterocycles. The number of rotatable bonds is 5. The molecule has 0 bridgehead atoms.